The van der Waals surface area contributed by atoms with Crippen LogP contribution in [0.4, 0.5) is 0 Å². The highest BCUT2D eigenvalue weighted by atomic mass is 16.1. The van der Waals surface area contributed by atoms with Crippen LogP contribution < -0.4 is 0 Å². The average molecular weight is 415 g/mol. The van der Waals surface area contributed by atoms with Crippen molar-refractivity contribution in [3.8, 4) is 0 Å². The molecule has 0 amide bonds. The van der Waals surface area contributed by atoms with Crippen LogP contribution in [0.2, 0.25) is 0 Å². The summed E-state index contributed by atoms with van der Waals surface area (Å²) in [4.78, 5) is 24.3. The topological polar surface area (TPSA) is 34.1 Å². The molecule has 0 unspecified atom stereocenters. The van der Waals surface area contributed by atoms with Gasteiger partial charge < -0.3 is 0 Å². The Morgan fingerprint density at radius 3 is 1.97 bits per heavy atom. The number of carbonyl (C=O) groups excluding carboxylic acids is 2. The maximum Gasteiger partial charge on any atom is 0.184 e. The lowest BCUT2D eigenvalue weighted by atomic mass is 9.88. The molecule has 0 heterocycles. The Bertz CT molecular complexity index is 660. The van der Waals surface area contributed by atoms with Crippen LogP contribution in [-0.2, 0) is 9.59 Å². The molecule has 0 N–H and O–H groups in total. The number of carbonyl (C=O) groups is 2. The van der Waals surface area contributed by atoms with Gasteiger partial charge in [-0.15, -0.1) is 0 Å². The summed E-state index contributed by atoms with van der Waals surface area (Å²) in [5, 5.41) is 0. The zero-order chi connectivity index (χ0) is 22.7. The summed E-state index contributed by atoms with van der Waals surface area (Å²) in [6, 6.07) is 0. The molecule has 0 saturated heterocycles. The molecule has 0 spiro atoms. The zero-order valence-electron chi connectivity index (χ0n) is 20.8. The second kappa shape index (κ2) is 13.8. The van der Waals surface area contributed by atoms with Gasteiger partial charge in [0.2, 0.25) is 0 Å². The van der Waals surface area contributed by atoms with E-state index in [-0.39, 0.29) is 11.6 Å². The Morgan fingerprint density at radius 2 is 1.40 bits per heavy atom. The molecule has 1 aliphatic rings. The van der Waals surface area contributed by atoms with Crippen molar-refractivity contribution in [2.24, 2.45) is 17.8 Å². The molecule has 170 valence electrons. The average Bonchev–Trinajstić information content (AvgIpc) is 2.65. The summed E-state index contributed by atoms with van der Waals surface area (Å²) in [7, 11) is 0. The highest BCUT2D eigenvalue weighted by Crippen LogP contribution is 2.24. The first kappa shape index (κ1) is 26.6. The Kier molecular flexibility index (Phi) is 12.2. The van der Waals surface area contributed by atoms with Gasteiger partial charge in [0.05, 0.1) is 0 Å². The van der Waals surface area contributed by atoms with E-state index in [1.165, 1.54) is 63.0 Å². The molecule has 2 nitrogen and oxygen atoms in total. The number of hydrogen-bond donors (Lipinski definition) is 0. The molecule has 0 bridgehead atoms. The van der Waals surface area contributed by atoms with E-state index >= 15 is 0 Å². The Hall–Kier alpha value is -1.44. The number of rotatable bonds is 14. The second-order valence-corrected chi connectivity index (χ2v) is 10.2. The third-order valence-corrected chi connectivity index (χ3v) is 6.59. The molecule has 0 aromatic heterocycles. The maximum absolute atomic E-state index is 12.2. The number of Topliss-reactive ketones (excluding diaryl/α,β-unsaturated/α-hetero) is 1. The molecule has 1 rings (SSSR count). The van der Waals surface area contributed by atoms with Crippen LogP contribution in [0, 0.1) is 17.8 Å². The van der Waals surface area contributed by atoms with Crippen LogP contribution >= 0.6 is 0 Å². The fraction of sp³-hybridized carbons (Fsp3) is 0.714. The van der Waals surface area contributed by atoms with Crippen molar-refractivity contribution in [1.29, 1.82) is 0 Å². The van der Waals surface area contributed by atoms with Gasteiger partial charge in [0.25, 0.3) is 0 Å². The van der Waals surface area contributed by atoms with E-state index < -0.39 is 0 Å². The van der Waals surface area contributed by atoms with E-state index in [4.69, 9.17) is 0 Å². The van der Waals surface area contributed by atoms with Crippen molar-refractivity contribution >= 4 is 11.6 Å². The van der Waals surface area contributed by atoms with Crippen molar-refractivity contribution in [2.75, 3.05) is 0 Å². The van der Waals surface area contributed by atoms with E-state index in [9.17, 15) is 9.59 Å². The predicted molar refractivity (Wildman–Crippen MR) is 130 cm³/mol. The van der Waals surface area contributed by atoms with Crippen LogP contribution in [0.25, 0.3) is 0 Å². The first-order chi connectivity index (χ1) is 14.1. The quantitative estimate of drug-likeness (QED) is 0.212. The Morgan fingerprint density at radius 1 is 0.867 bits per heavy atom. The van der Waals surface area contributed by atoms with Crippen molar-refractivity contribution in [3.63, 3.8) is 0 Å². The molecule has 2 atom stereocenters. The standard InChI is InChI=1S/C28H46O2/c1-20(2)11-8-12-21(3)13-9-14-22(4)15-10-16-23(5)17-18-26-25(7)28(30)24(6)19-27(26)29/h17,19-22H,8-16,18H2,1-7H3/t21-,22-/m1/s1. The Labute approximate surface area is 186 Å². The van der Waals surface area contributed by atoms with E-state index in [0.717, 1.165) is 24.2 Å². The molecular weight excluding hydrogens is 368 g/mol. The number of allylic oxidation sites excluding steroid dienone is 6. The summed E-state index contributed by atoms with van der Waals surface area (Å²) in [6.45, 7) is 15.1. The smallest absolute Gasteiger partial charge is 0.184 e. The lowest BCUT2D eigenvalue weighted by molar-refractivity contribution is -0.115. The normalized spacial score (nSPS) is 17.6. The van der Waals surface area contributed by atoms with Gasteiger partial charge in [-0.1, -0.05) is 84.3 Å². The first-order valence-electron chi connectivity index (χ1n) is 12.2. The zero-order valence-corrected chi connectivity index (χ0v) is 20.8. The minimum atomic E-state index is 0.000654. The lowest BCUT2D eigenvalue weighted by Crippen LogP contribution is -2.16. The molecule has 0 aliphatic heterocycles. The fourth-order valence-electron chi connectivity index (χ4n) is 4.31. The minimum absolute atomic E-state index is 0.000654. The van der Waals surface area contributed by atoms with Gasteiger partial charge in [-0.3, -0.25) is 9.59 Å². The monoisotopic (exact) mass is 414 g/mol. The SMILES string of the molecule is CC(=CCC1=C(C)C(=O)C(C)=CC1=O)CCC[C@H](C)CCC[C@H](C)CCCC(C)C. The maximum atomic E-state index is 12.2. The second-order valence-electron chi connectivity index (χ2n) is 10.2. The summed E-state index contributed by atoms with van der Waals surface area (Å²) in [6.07, 6.45) is 16.0. The highest BCUT2D eigenvalue weighted by molar-refractivity contribution is 6.22. The summed E-state index contributed by atoms with van der Waals surface area (Å²) in [5.74, 6) is 2.50. The lowest BCUT2D eigenvalue weighted by Gasteiger charge is -2.15. The Balaban J connectivity index is 2.25. The largest absolute Gasteiger partial charge is 0.290 e. The third-order valence-electron chi connectivity index (χ3n) is 6.59. The third kappa shape index (κ3) is 10.0. The molecule has 30 heavy (non-hydrogen) atoms. The molecule has 2 heteroatoms. The molecule has 0 aromatic carbocycles. The summed E-state index contributed by atoms with van der Waals surface area (Å²) in [5.41, 5.74) is 3.17. The van der Waals surface area contributed by atoms with Crippen LogP contribution in [0.3, 0.4) is 0 Å². The molecule has 0 fully saturated rings. The van der Waals surface area contributed by atoms with Gasteiger partial charge in [0.1, 0.15) is 0 Å². The predicted octanol–water partition coefficient (Wildman–Crippen LogP) is 8.18. The van der Waals surface area contributed by atoms with Gasteiger partial charge in [0.15, 0.2) is 11.6 Å². The van der Waals surface area contributed by atoms with Gasteiger partial charge in [0, 0.05) is 16.7 Å². The van der Waals surface area contributed by atoms with Crippen molar-refractivity contribution in [3.05, 3.63) is 34.4 Å². The molecule has 0 saturated carbocycles. The summed E-state index contributed by atoms with van der Waals surface area (Å²) < 4.78 is 0. The van der Waals surface area contributed by atoms with Crippen LogP contribution in [-0.4, -0.2) is 11.6 Å². The van der Waals surface area contributed by atoms with Crippen molar-refractivity contribution in [1.82, 2.24) is 0 Å². The van der Waals surface area contributed by atoms with E-state index in [1.807, 2.05) is 0 Å². The van der Waals surface area contributed by atoms with Gasteiger partial charge in [-0.2, -0.15) is 0 Å². The number of ketones is 2. The van der Waals surface area contributed by atoms with Gasteiger partial charge in [-0.25, -0.2) is 0 Å². The van der Waals surface area contributed by atoms with Crippen molar-refractivity contribution in [2.45, 2.75) is 113 Å². The molecule has 0 radical (unpaired) electrons. The summed E-state index contributed by atoms with van der Waals surface area (Å²) >= 11 is 0. The molecule has 1 aliphatic carbocycles. The van der Waals surface area contributed by atoms with Crippen LogP contribution in [0.1, 0.15) is 113 Å². The van der Waals surface area contributed by atoms with Crippen LogP contribution in [0.15, 0.2) is 34.4 Å². The van der Waals surface area contributed by atoms with Crippen LogP contribution in [0.5, 0.6) is 0 Å². The van der Waals surface area contributed by atoms with E-state index in [2.05, 4.69) is 40.7 Å². The van der Waals surface area contributed by atoms with Gasteiger partial charge >= 0.3 is 0 Å². The van der Waals surface area contributed by atoms with E-state index in [1.54, 1.807) is 13.8 Å². The first-order valence-corrected chi connectivity index (χ1v) is 12.2. The van der Waals surface area contributed by atoms with E-state index in [0.29, 0.717) is 23.1 Å². The molecular formula is C28H46O2. The molecule has 0 aromatic rings. The van der Waals surface area contributed by atoms with Crippen molar-refractivity contribution < 1.29 is 9.59 Å². The fourth-order valence-corrected chi connectivity index (χ4v) is 4.31. The van der Waals surface area contributed by atoms with Gasteiger partial charge in [-0.05, 0) is 63.9 Å². The highest BCUT2D eigenvalue weighted by Gasteiger charge is 2.22. The number of hydrogen-bond acceptors (Lipinski definition) is 2. The minimum Gasteiger partial charge on any atom is -0.290 e.